The van der Waals surface area contributed by atoms with Crippen molar-refractivity contribution in [3.63, 3.8) is 0 Å². The molecule has 0 fully saturated rings. The van der Waals surface area contributed by atoms with E-state index < -0.39 is 23.8 Å². The number of aliphatic hydroxyl groups excluding tert-OH is 1. The van der Waals surface area contributed by atoms with E-state index in [4.69, 9.17) is 5.11 Å². The predicted molar refractivity (Wildman–Crippen MR) is 49.6 cm³/mol. The van der Waals surface area contributed by atoms with Gasteiger partial charge in [-0.2, -0.15) is 0 Å². The van der Waals surface area contributed by atoms with E-state index in [0.29, 0.717) is 0 Å². The summed E-state index contributed by atoms with van der Waals surface area (Å²) in [6.45, 7) is 5.11. The highest BCUT2D eigenvalue weighted by atomic mass is 16.4. The monoisotopic (exact) mass is 196 g/mol. The topological polar surface area (TPSA) is 74.6 Å². The number of hydrogen-bond donors (Lipinski definition) is 2. The number of ketones is 1. The summed E-state index contributed by atoms with van der Waals surface area (Å²) in [4.78, 5) is 21.8. The van der Waals surface area contributed by atoms with Crippen molar-refractivity contribution in [2.75, 3.05) is 0 Å². The van der Waals surface area contributed by atoms with E-state index in [1.807, 2.05) is 0 Å². The summed E-state index contributed by atoms with van der Waals surface area (Å²) in [5.74, 6) is -2.55. The molecule has 0 saturated carbocycles. The van der Waals surface area contributed by atoms with Crippen LogP contribution >= 0.6 is 0 Å². The highest BCUT2D eigenvalue weighted by molar-refractivity contribution is 5.97. The molecule has 1 rings (SSSR count). The molecule has 0 aromatic rings. The van der Waals surface area contributed by atoms with E-state index in [1.54, 1.807) is 13.0 Å². The van der Waals surface area contributed by atoms with E-state index in [1.165, 1.54) is 6.08 Å². The molecule has 76 valence electrons. The first-order valence-electron chi connectivity index (χ1n) is 4.27. The largest absolute Gasteiger partial charge is 0.478 e. The van der Waals surface area contributed by atoms with Crippen LogP contribution in [0.1, 0.15) is 6.92 Å². The molecule has 2 N–H and O–H groups in total. The molecule has 0 bridgehead atoms. The van der Waals surface area contributed by atoms with Crippen molar-refractivity contribution >= 4 is 11.8 Å². The van der Waals surface area contributed by atoms with Crippen molar-refractivity contribution < 1.29 is 19.8 Å². The minimum absolute atomic E-state index is 0.122. The van der Waals surface area contributed by atoms with Gasteiger partial charge in [-0.3, -0.25) is 4.79 Å². The first-order chi connectivity index (χ1) is 6.45. The Labute approximate surface area is 81.6 Å². The van der Waals surface area contributed by atoms with Gasteiger partial charge in [-0.25, -0.2) is 4.79 Å². The molecule has 0 amide bonds. The zero-order valence-electron chi connectivity index (χ0n) is 7.80. The molecule has 3 atom stereocenters. The average Bonchev–Trinajstić information content (AvgIpc) is 2.12. The summed E-state index contributed by atoms with van der Waals surface area (Å²) in [7, 11) is 0. The number of allylic oxidation sites excluding steroid dienone is 1. The third-order valence-corrected chi connectivity index (χ3v) is 2.44. The molecule has 0 heterocycles. The Bertz CT molecular complexity index is 316. The number of carbonyl (C=O) groups excluding carboxylic acids is 1. The van der Waals surface area contributed by atoms with Gasteiger partial charge in [0.25, 0.3) is 0 Å². The van der Waals surface area contributed by atoms with Crippen LogP contribution in [0.2, 0.25) is 0 Å². The Morgan fingerprint density at radius 2 is 2.14 bits per heavy atom. The minimum atomic E-state index is -1.28. The zero-order chi connectivity index (χ0) is 10.9. The second-order valence-electron chi connectivity index (χ2n) is 3.42. The van der Waals surface area contributed by atoms with Gasteiger partial charge in [0.05, 0.1) is 0 Å². The zero-order valence-corrected chi connectivity index (χ0v) is 7.80. The maximum absolute atomic E-state index is 11.1. The van der Waals surface area contributed by atoms with Crippen LogP contribution < -0.4 is 0 Å². The average molecular weight is 196 g/mol. The van der Waals surface area contributed by atoms with Crippen molar-refractivity contribution in [1.82, 2.24) is 0 Å². The molecule has 0 aromatic carbocycles. The Balaban J connectivity index is 2.97. The lowest BCUT2D eigenvalue weighted by atomic mass is 9.78. The quantitative estimate of drug-likeness (QED) is 0.626. The molecule has 0 radical (unpaired) electrons. The maximum Gasteiger partial charge on any atom is 0.331 e. The predicted octanol–water partition coefficient (Wildman–Crippen LogP) is 0.379. The van der Waals surface area contributed by atoms with Crippen LogP contribution in [0.15, 0.2) is 24.3 Å². The molecule has 0 saturated heterocycles. The van der Waals surface area contributed by atoms with Crippen molar-refractivity contribution in [3.05, 3.63) is 24.3 Å². The fourth-order valence-electron chi connectivity index (χ4n) is 1.58. The lowest BCUT2D eigenvalue weighted by Crippen LogP contribution is -2.38. The van der Waals surface area contributed by atoms with Gasteiger partial charge in [-0.15, -0.1) is 0 Å². The fourth-order valence-corrected chi connectivity index (χ4v) is 1.58. The van der Waals surface area contributed by atoms with Crippen LogP contribution in [0, 0.1) is 11.8 Å². The van der Waals surface area contributed by atoms with E-state index in [0.717, 1.165) is 0 Å². The molecular formula is C10H12O4. The molecule has 1 aliphatic rings. The van der Waals surface area contributed by atoms with E-state index >= 15 is 0 Å². The number of carboxylic acids is 1. The fraction of sp³-hybridized carbons (Fsp3) is 0.400. The summed E-state index contributed by atoms with van der Waals surface area (Å²) >= 11 is 0. The second kappa shape index (κ2) is 3.75. The van der Waals surface area contributed by atoms with Crippen LogP contribution in [0.25, 0.3) is 0 Å². The summed E-state index contributed by atoms with van der Waals surface area (Å²) in [5.41, 5.74) is -0.122. The third-order valence-electron chi connectivity index (χ3n) is 2.44. The Hall–Kier alpha value is -1.42. The number of aliphatic hydroxyl groups is 1. The molecule has 0 spiro atoms. The summed E-state index contributed by atoms with van der Waals surface area (Å²) in [5, 5.41) is 18.2. The van der Waals surface area contributed by atoms with Gasteiger partial charge in [-0.05, 0) is 12.0 Å². The van der Waals surface area contributed by atoms with Crippen LogP contribution in [0.5, 0.6) is 0 Å². The van der Waals surface area contributed by atoms with E-state index in [-0.39, 0.29) is 11.5 Å². The Kier molecular flexibility index (Phi) is 2.86. The summed E-state index contributed by atoms with van der Waals surface area (Å²) in [6, 6.07) is 0. The second-order valence-corrected chi connectivity index (χ2v) is 3.42. The lowest BCUT2D eigenvalue weighted by Gasteiger charge is -2.28. The molecule has 0 unspecified atom stereocenters. The van der Waals surface area contributed by atoms with Gasteiger partial charge < -0.3 is 10.2 Å². The number of rotatable bonds is 2. The SMILES string of the molecule is C=C(C(=O)O)[C@H]1[C@@H](C)C=CC(=O)[C@@H]1O. The number of hydrogen-bond acceptors (Lipinski definition) is 3. The molecule has 0 aromatic heterocycles. The Morgan fingerprint density at radius 3 is 2.64 bits per heavy atom. The first kappa shape index (κ1) is 10.7. The first-order valence-corrected chi connectivity index (χ1v) is 4.27. The summed E-state index contributed by atoms with van der Waals surface area (Å²) < 4.78 is 0. The van der Waals surface area contributed by atoms with Crippen molar-refractivity contribution in [2.45, 2.75) is 13.0 Å². The van der Waals surface area contributed by atoms with Crippen LogP contribution in [0.4, 0.5) is 0 Å². The number of aliphatic carboxylic acids is 1. The van der Waals surface area contributed by atoms with Gasteiger partial charge in [0.1, 0.15) is 6.10 Å². The molecular weight excluding hydrogens is 184 g/mol. The number of carboxylic acid groups (broad SMARTS) is 1. The van der Waals surface area contributed by atoms with Crippen LogP contribution in [-0.2, 0) is 9.59 Å². The highest BCUT2D eigenvalue weighted by Crippen LogP contribution is 2.28. The molecule has 4 nitrogen and oxygen atoms in total. The molecule has 4 heteroatoms. The van der Waals surface area contributed by atoms with Gasteiger partial charge in [0, 0.05) is 11.5 Å². The third kappa shape index (κ3) is 1.75. The minimum Gasteiger partial charge on any atom is -0.478 e. The van der Waals surface area contributed by atoms with Gasteiger partial charge in [0.2, 0.25) is 0 Å². The van der Waals surface area contributed by atoms with Crippen molar-refractivity contribution in [3.8, 4) is 0 Å². The molecule has 1 aliphatic carbocycles. The van der Waals surface area contributed by atoms with E-state index in [2.05, 4.69) is 6.58 Å². The normalized spacial score (nSPS) is 31.6. The van der Waals surface area contributed by atoms with Crippen LogP contribution in [0.3, 0.4) is 0 Å². The maximum atomic E-state index is 11.1. The summed E-state index contributed by atoms with van der Waals surface area (Å²) in [6.07, 6.45) is 1.59. The van der Waals surface area contributed by atoms with Crippen LogP contribution in [-0.4, -0.2) is 28.1 Å². The van der Waals surface area contributed by atoms with Gasteiger partial charge >= 0.3 is 5.97 Å². The smallest absolute Gasteiger partial charge is 0.331 e. The van der Waals surface area contributed by atoms with Crippen molar-refractivity contribution in [2.24, 2.45) is 11.8 Å². The molecule has 14 heavy (non-hydrogen) atoms. The van der Waals surface area contributed by atoms with Gasteiger partial charge in [-0.1, -0.05) is 19.6 Å². The van der Waals surface area contributed by atoms with Crippen molar-refractivity contribution in [1.29, 1.82) is 0 Å². The highest BCUT2D eigenvalue weighted by Gasteiger charge is 2.36. The Morgan fingerprint density at radius 1 is 1.57 bits per heavy atom. The standard InChI is InChI=1S/C10H12O4/c1-5-3-4-7(11)9(12)8(5)6(2)10(13)14/h3-5,8-9,12H,2H2,1H3,(H,13,14)/t5-,8+,9-/m0/s1. The van der Waals surface area contributed by atoms with Gasteiger partial charge in [0.15, 0.2) is 5.78 Å². The van der Waals surface area contributed by atoms with E-state index in [9.17, 15) is 14.7 Å². The lowest BCUT2D eigenvalue weighted by molar-refractivity contribution is -0.134. The molecule has 0 aliphatic heterocycles. The number of carbonyl (C=O) groups is 2.